The fourth-order valence-corrected chi connectivity index (χ4v) is 4.66. The van der Waals surface area contributed by atoms with E-state index in [1.165, 1.54) is 32.1 Å². The van der Waals surface area contributed by atoms with Crippen LogP contribution in [0.4, 0.5) is 0 Å². The van der Waals surface area contributed by atoms with Gasteiger partial charge in [0.15, 0.2) is 5.65 Å². The summed E-state index contributed by atoms with van der Waals surface area (Å²) in [6, 6.07) is 3.80. The number of hydrogen-bond donors (Lipinski definition) is 0. The van der Waals surface area contributed by atoms with Gasteiger partial charge in [-0.15, -0.1) is 0 Å². The number of amides is 1. The maximum Gasteiger partial charge on any atom is 0.330 e. The molecule has 2 aliphatic rings. The molecule has 0 aromatic carbocycles. The van der Waals surface area contributed by atoms with E-state index in [1.807, 2.05) is 17.0 Å². The van der Waals surface area contributed by atoms with Crippen LogP contribution in [0.5, 0.6) is 0 Å². The van der Waals surface area contributed by atoms with Crippen LogP contribution in [-0.4, -0.2) is 38.0 Å². The molecule has 4 rings (SSSR count). The van der Waals surface area contributed by atoms with E-state index in [0.717, 1.165) is 36.5 Å². The van der Waals surface area contributed by atoms with Crippen LogP contribution in [0.2, 0.25) is 0 Å². The highest BCUT2D eigenvalue weighted by Gasteiger charge is 2.30. The molecule has 1 aliphatic carbocycles. The zero-order valence-corrected chi connectivity index (χ0v) is 15.6. The van der Waals surface area contributed by atoms with Gasteiger partial charge in [-0.3, -0.25) is 13.9 Å². The molecule has 1 saturated heterocycles. The second kappa shape index (κ2) is 7.25. The lowest BCUT2D eigenvalue weighted by atomic mass is 9.86. The van der Waals surface area contributed by atoms with Crippen molar-refractivity contribution in [1.29, 1.82) is 0 Å². The third kappa shape index (κ3) is 3.17. The Morgan fingerprint density at radius 1 is 1.23 bits per heavy atom. The Morgan fingerprint density at radius 3 is 2.85 bits per heavy atom. The van der Waals surface area contributed by atoms with Crippen molar-refractivity contribution in [3.63, 3.8) is 0 Å². The molecule has 3 heterocycles. The Bertz CT molecular complexity index is 847. The number of hydrogen-bond acceptors (Lipinski definition) is 3. The van der Waals surface area contributed by atoms with Gasteiger partial charge >= 0.3 is 5.69 Å². The quantitative estimate of drug-likeness (QED) is 0.846. The lowest BCUT2D eigenvalue weighted by Crippen LogP contribution is -2.32. The molecule has 0 radical (unpaired) electrons. The monoisotopic (exact) mass is 356 g/mol. The third-order valence-electron chi connectivity index (χ3n) is 6.22. The lowest BCUT2D eigenvalue weighted by molar-refractivity contribution is -0.130. The van der Waals surface area contributed by atoms with Gasteiger partial charge in [0.05, 0.1) is 11.6 Å². The van der Waals surface area contributed by atoms with Crippen molar-refractivity contribution >= 4 is 17.1 Å². The average molecular weight is 356 g/mol. The highest BCUT2D eigenvalue weighted by molar-refractivity contribution is 5.76. The first-order valence-electron chi connectivity index (χ1n) is 9.95. The first-order chi connectivity index (χ1) is 12.6. The van der Waals surface area contributed by atoms with E-state index in [-0.39, 0.29) is 17.6 Å². The molecule has 0 spiro atoms. The smallest absolute Gasteiger partial charge is 0.330 e. The normalized spacial score (nSPS) is 21.6. The number of fused-ring (bicyclic) bond motifs is 1. The minimum Gasteiger partial charge on any atom is -0.341 e. The summed E-state index contributed by atoms with van der Waals surface area (Å²) in [5, 5.41) is 0. The number of nitrogens with zero attached hydrogens (tertiary/aromatic N) is 4. The summed E-state index contributed by atoms with van der Waals surface area (Å²) < 4.78 is 3.43. The van der Waals surface area contributed by atoms with Gasteiger partial charge in [-0.1, -0.05) is 32.1 Å². The summed E-state index contributed by atoms with van der Waals surface area (Å²) >= 11 is 0. The van der Waals surface area contributed by atoms with Gasteiger partial charge in [0.1, 0.15) is 0 Å². The molecule has 140 valence electrons. The average Bonchev–Trinajstić information content (AvgIpc) is 3.25. The van der Waals surface area contributed by atoms with E-state index in [1.54, 1.807) is 22.4 Å². The molecule has 6 heteroatoms. The van der Waals surface area contributed by atoms with Crippen molar-refractivity contribution in [2.45, 2.75) is 57.4 Å². The van der Waals surface area contributed by atoms with Crippen molar-refractivity contribution in [3.05, 3.63) is 28.8 Å². The molecule has 26 heavy (non-hydrogen) atoms. The van der Waals surface area contributed by atoms with Gasteiger partial charge in [-0.05, 0) is 30.9 Å². The molecule has 6 nitrogen and oxygen atoms in total. The van der Waals surface area contributed by atoms with Gasteiger partial charge in [0.2, 0.25) is 5.91 Å². The van der Waals surface area contributed by atoms with Gasteiger partial charge in [-0.2, -0.15) is 0 Å². The maximum absolute atomic E-state index is 12.7. The second-order valence-corrected chi connectivity index (χ2v) is 7.88. The van der Waals surface area contributed by atoms with Gasteiger partial charge in [0, 0.05) is 32.8 Å². The standard InChI is InChI=1S/C20H28N4O2/c1-22-17-8-5-12-21-19(17)24(20(22)26)16-11-13-23(14-16)18(25)10-9-15-6-3-2-4-7-15/h5,8,12,15-16H,2-4,6-7,9-11,13-14H2,1H3. The highest BCUT2D eigenvalue weighted by Crippen LogP contribution is 2.29. The Hall–Kier alpha value is -2.11. The van der Waals surface area contributed by atoms with Crippen molar-refractivity contribution in [3.8, 4) is 0 Å². The Labute approximate surface area is 153 Å². The van der Waals surface area contributed by atoms with Crippen LogP contribution in [0.15, 0.2) is 23.1 Å². The third-order valence-corrected chi connectivity index (χ3v) is 6.22. The van der Waals surface area contributed by atoms with E-state index >= 15 is 0 Å². The summed E-state index contributed by atoms with van der Waals surface area (Å²) in [6.07, 6.45) is 10.8. The molecule has 0 N–H and O–H groups in total. The summed E-state index contributed by atoms with van der Waals surface area (Å²) in [6.45, 7) is 1.36. The van der Waals surface area contributed by atoms with Gasteiger partial charge < -0.3 is 4.90 Å². The number of aryl methyl sites for hydroxylation is 1. The van der Waals surface area contributed by atoms with E-state index in [9.17, 15) is 9.59 Å². The Morgan fingerprint density at radius 2 is 2.04 bits per heavy atom. The summed E-state index contributed by atoms with van der Waals surface area (Å²) in [7, 11) is 1.78. The summed E-state index contributed by atoms with van der Waals surface area (Å²) in [5.41, 5.74) is 1.53. The molecule has 1 unspecified atom stereocenters. The number of likely N-dealkylation sites (tertiary alicyclic amines) is 1. The van der Waals surface area contributed by atoms with E-state index in [4.69, 9.17) is 0 Å². The van der Waals surface area contributed by atoms with Crippen molar-refractivity contribution in [1.82, 2.24) is 19.0 Å². The number of rotatable bonds is 4. The molecule has 1 aliphatic heterocycles. The molecule has 1 amide bonds. The van der Waals surface area contributed by atoms with Crippen LogP contribution in [0.25, 0.3) is 11.2 Å². The van der Waals surface area contributed by atoms with Crippen LogP contribution in [-0.2, 0) is 11.8 Å². The SMILES string of the molecule is Cn1c(=O)n(C2CCN(C(=O)CCC3CCCCC3)C2)c2ncccc21. The summed E-state index contributed by atoms with van der Waals surface area (Å²) in [5.74, 6) is 0.982. The minimum atomic E-state index is -0.0415. The molecular weight excluding hydrogens is 328 g/mol. The van der Waals surface area contributed by atoms with Gasteiger partial charge in [0.25, 0.3) is 0 Å². The van der Waals surface area contributed by atoms with Crippen molar-refractivity contribution < 1.29 is 4.79 Å². The molecule has 0 bridgehead atoms. The van der Waals surface area contributed by atoms with Crippen molar-refractivity contribution in [2.24, 2.45) is 13.0 Å². The predicted octanol–water partition coefficient (Wildman–Crippen LogP) is 2.87. The number of imidazole rings is 1. The van der Waals surface area contributed by atoms with Crippen LogP contribution in [0, 0.1) is 5.92 Å². The molecule has 2 aromatic rings. The van der Waals surface area contributed by atoms with E-state index in [0.29, 0.717) is 13.0 Å². The number of carbonyl (C=O) groups is 1. The Kier molecular flexibility index (Phi) is 4.83. The summed E-state index contributed by atoms with van der Waals surface area (Å²) in [4.78, 5) is 31.7. The minimum absolute atomic E-state index is 0.0275. The number of carbonyl (C=O) groups excluding carboxylic acids is 1. The van der Waals surface area contributed by atoms with Crippen LogP contribution >= 0.6 is 0 Å². The second-order valence-electron chi connectivity index (χ2n) is 7.88. The molecule has 1 saturated carbocycles. The zero-order valence-electron chi connectivity index (χ0n) is 15.6. The largest absolute Gasteiger partial charge is 0.341 e. The van der Waals surface area contributed by atoms with Crippen LogP contribution in [0.1, 0.15) is 57.4 Å². The Balaban J connectivity index is 1.43. The first-order valence-corrected chi connectivity index (χ1v) is 9.95. The first kappa shape index (κ1) is 17.3. The van der Waals surface area contributed by atoms with E-state index in [2.05, 4.69) is 4.98 Å². The number of aromatic nitrogens is 3. The molecular formula is C20H28N4O2. The lowest BCUT2D eigenvalue weighted by Gasteiger charge is -2.23. The molecule has 1 atom stereocenters. The fraction of sp³-hybridized carbons (Fsp3) is 0.650. The predicted molar refractivity (Wildman–Crippen MR) is 101 cm³/mol. The van der Waals surface area contributed by atoms with Crippen LogP contribution < -0.4 is 5.69 Å². The van der Waals surface area contributed by atoms with E-state index < -0.39 is 0 Å². The molecule has 2 fully saturated rings. The van der Waals surface area contributed by atoms with Crippen molar-refractivity contribution in [2.75, 3.05) is 13.1 Å². The molecule has 2 aromatic heterocycles. The van der Waals surface area contributed by atoms with Crippen LogP contribution in [0.3, 0.4) is 0 Å². The topological polar surface area (TPSA) is 60.1 Å². The zero-order chi connectivity index (χ0) is 18.1. The fourth-order valence-electron chi connectivity index (χ4n) is 4.66. The maximum atomic E-state index is 12.7. The number of pyridine rings is 1. The highest BCUT2D eigenvalue weighted by atomic mass is 16.2. The van der Waals surface area contributed by atoms with Gasteiger partial charge in [-0.25, -0.2) is 9.78 Å².